The number of carbonyl (C=O) groups excluding carboxylic acids is 1. The summed E-state index contributed by atoms with van der Waals surface area (Å²) in [5.41, 5.74) is 0. The lowest BCUT2D eigenvalue weighted by atomic mass is 10.7. The van der Waals surface area contributed by atoms with Crippen LogP contribution in [0, 0.1) is 0 Å². The monoisotopic (exact) mass is 168 g/mol. The molecule has 0 saturated carbocycles. The molecule has 0 aliphatic carbocycles. The van der Waals surface area contributed by atoms with E-state index < -0.39 is 12.1 Å². The van der Waals surface area contributed by atoms with E-state index in [1.165, 1.54) is 24.0 Å². The fraction of sp³-hybridized carbons (Fsp3) is 0.143. The SMILES string of the molecule is CN(C(=O)O)C(=O)n1cccc1. The second-order valence-electron chi connectivity index (χ2n) is 2.21. The highest BCUT2D eigenvalue weighted by molar-refractivity contribution is 5.90. The van der Waals surface area contributed by atoms with Crippen molar-refractivity contribution in [3.05, 3.63) is 24.5 Å². The van der Waals surface area contributed by atoms with Crippen LogP contribution in [0.5, 0.6) is 0 Å². The highest BCUT2D eigenvalue weighted by atomic mass is 16.4. The summed E-state index contributed by atoms with van der Waals surface area (Å²) in [4.78, 5) is 22.1. The van der Waals surface area contributed by atoms with Crippen LogP contribution in [-0.4, -0.2) is 33.7 Å². The molecule has 1 rings (SSSR count). The van der Waals surface area contributed by atoms with Crippen molar-refractivity contribution in [2.24, 2.45) is 0 Å². The van der Waals surface area contributed by atoms with Gasteiger partial charge in [-0.2, -0.15) is 0 Å². The van der Waals surface area contributed by atoms with Gasteiger partial charge in [-0.1, -0.05) is 0 Å². The molecule has 64 valence electrons. The maximum Gasteiger partial charge on any atom is 0.415 e. The van der Waals surface area contributed by atoms with Crippen LogP contribution < -0.4 is 0 Å². The molecule has 0 aliphatic rings. The molecule has 1 aromatic rings. The van der Waals surface area contributed by atoms with Crippen LogP contribution in [0.2, 0.25) is 0 Å². The third-order valence-corrected chi connectivity index (χ3v) is 1.40. The van der Waals surface area contributed by atoms with E-state index in [1.807, 2.05) is 0 Å². The molecule has 0 saturated heterocycles. The Labute approximate surface area is 68.8 Å². The van der Waals surface area contributed by atoms with Crippen LogP contribution in [0.1, 0.15) is 0 Å². The highest BCUT2D eigenvalue weighted by Crippen LogP contribution is 1.95. The van der Waals surface area contributed by atoms with Crippen LogP contribution in [0.4, 0.5) is 9.59 Å². The molecule has 2 amide bonds. The predicted molar refractivity (Wildman–Crippen MR) is 41.0 cm³/mol. The van der Waals surface area contributed by atoms with Gasteiger partial charge in [0, 0.05) is 19.4 Å². The molecule has 1 aromatic heterocycles. The Balaban J connectivity index is 2.79. The number of imide groups is 1. The molecule has 0 aliphatic heterocycles. The Morgan fingerprint density at radius 3 is 2.25 bits per heavy atom. The van der Waals surface area contributed by atoms with Gasteiger partial charge in [-0.15, -0.1) is 0 Å². The number of hydrogen-bond donors (Lipinski definition) is 1. The second kappa shape index (κ2) is 3.08. The molecule has 12 heavy (non-hydrogen) atoms. The molecular formula is C7H8N2O3. The number of amides is 2. The first kappa shape index (κ1) is 8.32. The standard InChI is InChI=1S/C7H8N2O3/c1-8(7(11)12)6(10)9-4-2-3-5-9/h2-5H,1H3,(H,11,12). The number of hydrogen-bond acceptors (Lipinski definition) is 2. The van der Waals surface area contributed by atoms with E-state index in [-0.39, 0.29) is 0 Å². The van der Waals surface area contributed by atoms with Crippen molar-refractivity contribution in [2.45, 2.75) is 0 Å². The van der Waals surface area contributed by atoms with Gasteiger partial charge in [0.2, 0.25) is 0 Å². The lowest BCUT2D eigenvalue weighted by Gasteiger charge is -2.10. The van der Waals surface area contributed by atoms with Gasteiger partial charge in [-0.25, -0.2) is 14.5 Å². The average molecular weight is 168 g/mol. The molecule has 0 bridgehead atoms. The average Bonchev–Trinajstić information content (AvgIpc) is 2.53. The zero-order chi connectivity index (χ0) is 9.14. The minimum absolute atomic E-state index is 0.590. The molecule has 0 aromatic carbocycles. The Morgan fingerprint density at radius 1 is 1.33 bits per heavy atom. The van der Waals surface area contributed by atoms with Gasteiger partial charge in [0.25, 0.3) is 0 Å². The summed E-state index contributed by atoms with van der Waals surface area (Å²) in [6.07, 6.45) is 1.71. The van der Waals surface area contributed by atoms with E-state index >= 15 is 0 Å². The predicted octanol–water partition coefficient (Wildman–Crippen LogP) is 1.07. The van der Waals surface area contributed by atoms with Crippen molar-refractivity contribution in [1.29, 1.82) is 0 Å². The van der Waals surface area contributed by atoms with Crippen LogP contribution in [0.3, 0.4) is 0 Å². The van der Waals surface area contributed by atoms with Crippen molar-refractivity contribution in [1.82, 2.24) is 9.47 Å². The third-order valence-electron chi connectivity index (χ3n) is 1.40. The van der Waals surface area contributed by atoms with Crippen molar-refractivity contribution < 1.29 is 14.7 Å². The van der Waals surface area contributed by atoms with Crippen molar-refractivity contribution >= 4 is 12.1 Å². The number of carbonyl (C=O) groups is 2. The first-order chi connectivity index (χ1) is 5.63. The summed E-state index contributed by atoms with van der Waals surface area (Å²) in [5, 5.41) is 8.44. The lowest BCUT2D eigenvalue weighted by Crippen LogP contribution is -2.34. The topological polar surface area (TPSA) is 62.5 Å². The quantitative estimate of drug-likeness (QED) is 0.630. The van der Waals surface area contributed by atoms with E-state index in [9.17, 15) is 9.59 Å². The molecule has 1 heterocycles. The Morgan fingerprint density at radius 2 is 1.83 bits per heavy atom. The number of aromatic nitrogens is 1. The van der Waals surface area contributed by atoms with E-state index in [0.29, 0.717) is 4.90 Å². The maximum atomic E-state index is 11.2. The summed E-state index contributed by atoms with van der Waals surface area (Å²) in [7, 11) is 1.20. The van der Waals surface area contributed by atoms with E-state index in [2.05, 4.69) is 0 Å². The molecule has 5 heteroatoms. The fourth-order valence-electron chi connectivity index (χ4n) is 0.717. The summed E-state index contributed by atoms with van der Waals surface area (Å²) in [6, 6.07) is 2.70. The molecule has 0 atom stereocenters. The first-order valence-corrected chi connectivity index (χ1v) is 3.27. The minimum atomic E-state index is -1.27. The molecule has 0 radical (unpaired) electrons. The molecular weight excluding hydrogens is 160 g/mol. The van der Waals surface area contributed by atoms with Crippen molar-refractivity contribution in [2.75, 3.05) is 7.05 Å². The maximum absolute atomic E-state index is 11.2. The lowest BCUT2D eigenvalue weighted by molar-refractivity contribution is 0.157. The Kier molecular flexibility index (Phi) is 2.14. The van der Waals surface area contributed by atoms with Crippen LogP contribution in [0.25, 0.3) is 0 Å². The van der Waals surface area contributed by atoms with Crippen molar-refractivity contribution in [3.63, 3.8) is 0 Å². The van der Waals surface area contributed by atoms with Crippen LogP contribution in [-0.2, 0) is 0 Å². The summed E-state index contributed by atoms with van der Waals surface area (Å²) in [6.45, 7) is 0. The number of rotatable bonds is 0. The Bertz CT molecular complexity index is 292. The van der Waals surface area contributed by atoms with Gasteiger partial charge in [0.05, 0.1) is 0 Å². The number of nitrogens with zero attached hydrogens (tertiary/aromatic N) is 2. The van der Waals surface area contributed by atoms with Gasteiger partial charge in [-0.3, -0.25) is 4.57 Å². The smallest absolute Gasteiger partial charge is 0.415 e. The van der Waals surface area contributed by atoms with Crippen LogP contribution >= 0.6 is 0 Å². The minimum Gasteiger partial charge on any atom is -0.465 e. The van der Waals surface area contributed by atoms with E-state index in [4.69, 9.17) is 5.11 Å². The zero-order valence-electron chi connectivity index (χ0n) is 6.47. The molecule has 5 nitrogen and oxygen atoms in total. The van der Waals surface area contributed by atoms with Crippen LogP contribution in [0.15, 0.2) is 24.5 Å². The fourth-order valence-corrected chi connectivity index (χ4v) is 0.717. The highest BCUT2D eigenvalue weighted by Gasteiger charge is 2.15. The third kappa shape index (κ3) is 1.45. The van der Waals surface area contributed by atoms with Gasteiger partial charge < -0.3 is 5.11 Å². The van der Waals surface area contributed by atoms with Gasteiger partial charge >= 0.3 is 12.1 Å². The molecule has 0 unspecified atom stereocenters. The van der Waals surface area contributed by atoms with E-state index in [1.54, 1.807) is 12.1 Å². The molecule has 0 fully saturated rings. The summed E-state index contributed by atoms with van der Waals surface area (Å²) < 4.78 is 1.19. The van der Waals surface area contributed by atoms with Gasteiger partial charge in [0.15, 0.2) is 0 Å². The first-order valence-electron chi connectivity index (χ1n) is 3.27. The second-order valence-corrected chi connectivity index (χ2v) is 2.21. The molecule has 1 N–H and O–H groups in total. The van der Waals surface area contributed by atoms with Gasteiger partial charge in [0.1, 0.15) is 0 Å². The van der Waals surface area contributed by atoms with Crippen molar-refractivity contribution in [3.8, 4) is 0 Å². The van der Waals surface area contributed by atoms with E-state index in [0.717, 1.165) is 0 Å². The largest absolute Gasteiger partial charge is 0.465 e. The molecule has 0 spiro atoms. The Hall–Kier alpha value is -1.78. The van der Waals surface area contributed by atoms with Gasteiger partial charge in [-0.05, 0) is 12.1 Å². The number of carboxylic acid groups (broad SMARTS) is 1. The summed E-state index contributed by atoms with van der Waals surface area (Å²) >= 11 is 0. The zero-order valence-corrected chi connectivity index (χ0v) is 6.47. The summed E-state index contributed by atoms with van der Waals surface area (Å²) in [5.74, 6) is 0. The normalized spacial score (nSPS) is 9.42.